The van der Waals surface area contributed by atoms with E-state index in [-0.39, 0.29) is 54.3 Å². The number of aromatic hydroxyl groups is 1. The van der Waals surface area contributed by atoms with Crippen molar-refractivity contribution in [1.29, 1.82) is 0 Å². The monoisotopic (exact) mass is 1180 g/mol. The molecule has 86 heavy (non-hydrogen) atoms. The zero-order chi connectivity index (χ0) is 61.7. The highest BCUT2D eigenvalue weighted by molar-refractivity contribution is 6.12. The van der Waals surface area contributed by atoms with Gasteiger partial charge in [-0.3, -0.25) is 24.1 Å². The Balaban J connectivity index is 0.000000169. The summed E-state index contributed by atoms with van der Waals surface area (Å²) in [5, 5.41) is 30.5. The van der Waals surface area contributed by atoms with Crippen molar-refractivity contribution in [3.63, 3.8) is 0 Å². The molecule has 4 heterocycles. The van der Waals surface area contributed by atoms with Crippen LogP contribution >= 0.6 is 0 Å². The Morgan fingerprint density at radius 1 is 0.709 bits per heavy atom. The Labute approximate surface area is 496 Å². The molecule has 2 fully saturated rings. The largest absolute Gasteiger partial charge is 0.508 e. The number of carbonyl (C=O) groups is 5. The number of ether oxygens (including phenoxy) is 4. The van der Waals surface area contributed by atoms with Crippen LogP contribution in [0.5, 0.6) is 17.2 Å². The lowest BCUT2D eigenvalue weighted by atomic mass is 9.83. The molecular weight excluding hydrogens is 1100 g/mol. The Morgan fingerprint density at radius 2 is 1.24 bits per heavy atom. The van der Waals surface area contributed by atoms with E-state index in [0.717, 1.165) is 117 Å². The molecule has 2 amide bonds. The highest BCUT2D eigenvalue weighted by Crippen LogP contribution is 2.38. The lowest BCUT2D eigenvalue weighted by molar-refractivity contribution is -0.191. The second-order valence-electron chi connectivity index (χ2n) is 22.2. The molecule has 21 nitrogen and oxygen atoms in total. The van der Waals surface area contributed by atoms with Gasteiger partial charge in [-0.15, -0.1) is 0 Å². The molecule has 452 valence electrons. The zero-order valence-electron chi connectivity index (χ0n) is 49.8. The van der Waals surface area contributed by atoms with Crippen LogP contribution in [0.25, 0.3) is 65.2 Å². The van der Waals surface area contributed by atoms with Crippen LogP contribution in [0.4, 0.5) is 4.79 Å². The fourth-order valence-corrected chi connectivity index (χ4v) is 10.7. The molecule has 1 unspecified atom stereocenters. The Hall–Kier alpha value is -9.20. The molecule has 1 N–H and O–H groups in total. The van der Waals surface area contributed by atoms with Gasteiger partial charge in [0.1, 0.15) is 59.0 Å². The van der Waals surface area contributed by atoms with E-state index in [1.165, 1.54) is 4.90 Å². The Kier molecular flexibility index (Phi) is 20.9. The fourth-order valence-electron chi connectivity index (χ4n) is 10.7. The van der Waals surface area contributed by atoms with Crippen molar-refractivity contribution in [2.24, 2.45) is 0 Å². The average molecular weight is 1180 g/mol. The van der Waals surface area contributed by atoms with Gasteiger partial charge in [-0.25, -0.2) is 4.79 Å². The number of nitrogens with zero attached hydrogens (tertiary/aromatic N) is 6. The minimum Gasteiger partial charge on any atom is -0.508 e. The molecule has 1 saturated heterocycles. The quantitative estimate of drug-likeness (QED) is 0.0738. The molecule has 1 atom stereocenters. The summed E-state index contributed by atoms with van der Waals surface area (Å²) >= 11 is 0. The van der Waals surface area contributed by atoms with Crippen LogP contribution in [0.2, 0.25) is 0 Å². The van der Waals surface area contributed by atoms with E-state index in [4.69, 9.17) is 42.1 Å². The summed E-state index contributed by atoms with van der Waals surface area (Å²) in [6.07, 6.45) is 4.71. The average Bonchev–Trinajstić information content (AvgIpc) is 3.67. The zero-order valence-corrected chi connectivity index (χ0v) is 49.8. The number of likely N-dealkylation sites (tertiary alicyclic amines) is 1. The van der Waals surface area contributed by atoms with Crippen molar-refractivity contribution in [3.8, 4) is 17.2 Å². The molecule has 1 aliphatic carbocycles. The Bertz CT molecular complexity index is 3920. The first kappa shape index (κ1) is 62.8. The van der Waals surface area contributed by atoms with E-state index >= 15 is 0 Å². The van der Waals surface area contributed by atoms with E-state index in [0.29, 0.717) is 67.8 Å². The number of phenolic OH excluding ortho intramolecular Hbond substituents is 1. The maximum atomic E-state index is 12.5. The smallest absolute Gasteiger partial charge is 0.410 e. The standard InChI is InChI=1S/C27H31N3O5.C22H28N2O4.C15H13NO4.CO2/c1-17(31)30-11-9-19(10-12-30)29(2)13-14-34-21-5-7-22-18(15-21)3-8-25-26(22)27(28-35-25)23-6-4-20(32)16-24(23)33;1-6-7-18-20-17-10-9-16(14-15(17)8-11-19(20)28-23-18)26-13-12-24(5)21(25)27-22(2,3)4;1-2-19-14(18)8-12-15-11-5-4-10(17)7-9(11)3-6-13(15)20-16-12;2-1-3/h3,5,7-8,15,19,23H,4,6,9-14,16H2,1-2H3;8-11,14H,6-7,12-13H2,1-5H3;3-7,17H,2,8H2,1H3;. The number of amides is 2. The summed E-state index contributed by atoms with van der Waals surface area (Å²) in [4.78, 5) is 81.3. The molecular formula is C65H72N6O15. The molecule has 0 bridgehead atoms. The van der Waals surface area contributed by atoms with Crippen LogP contribution in [0.15, 0.2) is 105 Å². The lowest BCUT2D eigenvalue weighted by Gasteiger charge is -2.36. The molecule has 3 aromatic heterocycles. The maximum Gasteiger partial charge on any atom is 0.410 e. The summed E-state index contributed by atoms with van der Waals surface area (Å²) in [5.41, 5.74) is 3.74. The van der Waals surface area contributed by atoms with Gasteiger partial charge in [-0.05, 0) is 166 Å². The van der Waals surface area contributed by atoms with Crippen molar-refractivity contribution in [2.75, 3.05) is 60.1 Å². The van der Waals surface area contributed by atoms with Crippen LogP contribution in [-0.4, -0.2) is 143 Å². The van der Waals surface area contributed by atoms with Gasteiger partial charge in [0, 0.05) is 46.1 Å². The van der Waals surface area contributed by atoms with Crippen LogP contribution in [0.3, 0.4) is 0 Å². The van der Waals surface area contributed by atoms with Gasteiger partial charge < -0.3 is 47.4 Å². The summed E-state index contributed by atoms with van der Waals surface area (Å²) in [6, 6.07) is 28.9. The number of fused-ring (bicyclic) bond motifs is 9. The van der Waals surface area contributed by atoms with E-state index in [1.807, 2.05) is 92.4 Å². The van der Waals surface area contributed by atoms with Crippen LogP contribution < -0.4 is 9.47 Å². The molecule has 1 saturated carbocycles. The number of rotatable bonds is 15. The van der Waals surface area contributed by atoms with Gasteiger partial charge in [0.05, 0.1) is 53.8 Å². The van der Waals surface area contributed by atoms with Crippen molar-refractivity contribution in [3.05, 3.63) is 108 Å². The third-order valence-electron chi connectivity index (χ3n) is 15.0. The maximum absolute atomic E-state index is 12.5. The number of esters is 1. The van der Waals surface area contributed by atoms with Crippen molar-refractivity contribution < 1.29 is 71.2 Å². The third kappa shape index (κ3) is 15.6. The van der Waals surface area contributed by atoms with Crippen LogP contribution in [0, 0.1) is 0 Å². The normalized spacial score (nSPS) is 14.5. The molecule has 1 aliphatic heterocycles. The first-order valence-electron chi connectivity index (χ1n) is 28.8. The number of aryl methyl sites for hydroxylation is 1. The van der Waals surface area contributed by atoms with E-state index in [2.05, 4.69) is 34.3 Å². The second-order valence-corrected chi connectivity index (χ2v) is 22.2. The molecule has 2 aliphatic rings. The van der Waals surface area contributed by atoms with Crippen LogP contribution in [0.1, 0.15) is 103 Å². The van der Waals surface area contributed by atoms with Gasteiger partial charge >= 0.3 is 18.2 Å². The number of aromatic nitrogens is 3. The molecule has 11 rings (SSSR count). The van der Waals surface area contributed by atoms with Crippen LogP contribution in [-0.2, 0) is 51.1 Å². The van der Waals surface area contributed by atoms with Gasteiger partial charge in [0.15, 0.2) is 16.7 Å². The molecule has 9 aromatic rings. The van der Waals surface area contributed by atoms with E-state index < -0.39 is 11.5 Å². The number of phenols is 1. The molecule has 0 spiro atoms. The topological polar surface area (TPSA) is 264 Å². The first-order chi connectivity index (χ1) is 41.3. The lowest BCUT2D eigenvalue weighted by Crippen LogP contribution is -2.45. The summed E-state index contributed by atoms with van der Waals surface area (Å²) in [5.74, 6) is 1.09. The number of carbonyl (C=O) groups excluding carboxylic acids is 7. The molecule has 0 radical (unpaired) electrons. The number of benzene rings is 6. The Morgan fingerprint density at radius 3 is 1.81 bits per heavy atom. The summed E-state index contributed by atoms with van der Waals surface area (Å²) in [6.45, 7) is 15.3. The van der Waals surface area contributed by atoms with Crippen molar-refractivity contribution in [1.82, 2.24) is 30.2 Å². The van der Waals surface area contributed by atoms with Crippen molar-refractivity contribution >= 4 is 101 Å². The second kappa shape index (κ2) is 28.6. The van der Waals surface area contributed by atoms with Gasteiger partial charge in [0.2, 0.25) is 5.91 Å². The summed E-state index contributed by atoms with van der Waals surface area (Å²) < 4.78 is 38.4. The van der Waals surface area contributed by atoms with Gasteiger partial charge in [-0.2, -0.15) is 9.59 Å². The fraction of sp³-hybridized carbons (Fsp3) is 0.400. The first-order valence-corrected chi connectivity index (χ1v) is 28.8. The number of hydrogen-bond donors (Lipinski definition) is 1. The summed E-state index contributed by atoms with van der Waals surface area (Å²) in [7, 11) is 3.82. The number of ketones is 2. The van der Waals surface area contributed by atoms with E-state index in [1.54, 1.807) is 45.2 Å². The SMILES string of the molecule is CC(=O)N1CCC(N(C)CCOc2ccc3c(ccc4onc(C5CCC(=O)CC5=O)c43)c2)CC1.CCCc1noc2ccc3cc(OCCN(C)C(=O)OC(C)(C)C)ccc3c12.CCOC(=O)Cc1noc2ccc3cc(O)ccc3c12.O=C=O. The number of likely N-dealkylation sites (N-methyl/N-ethyl adjacent to an activating group) is 2. The highest BCUT2D eigenvalue weighted by atomic mass is 16.6. The van der Waals surface area contributed by atoms with Crippen molar-refractivity contribution in [2.45, 2.75) is 110 Å². The highest BCUT2D eigenvalue weighted by Gasteiger charge is 2.33. The number of piperidine rings is 1. The number of Topliss-reactive ketones (excluding diaryl/α,β-unsaturated/α-hetero) is 2. The van der Waals surface area contributed by atoms with Gasteiger partial charge in [-0.1, -0.05) is 47.0 Å². The molecule has 6 aromatic carbocycles. The number of hydrogen-bond acceptors (Lipinski definition) is 19. The predicted molar refractivity (Wildman–Crippen MR) is 320 cm³/mol. The predicted octanol–water partition coefficient (Wildman–Crippen LogP) is 11.1. The van der Waals surface area contributed by atoms with E-state index in [9.17, 15) is 29.1 Å². The molecule has 21 heteroatoms. The minimum atomic E-state index is -0.506. The minimum absolute atomic E-state index is 0.00198. The van der Waals surface area contributed by atoms with Gasteiger partial charge in [0.25, 0.3) is 0 Å². The third-order valence-corrected chi connectivity index (χ3v) is 15.0.